The van der Waals surface area contributed by atoms with Gasteiger partial charge in [-0.15, -0.1) is 0 Å². The monoisotopic (exact) mass is 300 g/mol. The number of nitrogens with one attached hydrogen (secondary N) is 1. The van der Waals surface area contributed by atoms with E-state index in [4.69, 9.17) is 4.74 Å². The average Bonchev–Trinajstić information content (AvgIpc) is 3.07. The number of imidazole rings is 1. The number of ether oxygens (including phenoxy) is 1. The first kappa shape index (κ1) is 13.6. The molecule has 6 heteroatoms. The second kappa shape index (κ2) is 5.61. The Hall–Kier alpha value is -2.08. The Kier molecular flexibility index (Phi) is 3.46. The largest absolute Gasteiger partial charge is 0.464 e. The third-order valence-electron chi connectivity index (χ3n) is 4.56. The number of aromatic nitrogens is 2. The lowest BCUT2D eigenvalue weighted by atomic mass is 10.2. The van der Waals surface area contributed by atoms with Crippen molar-refractivity contribution in [2.75, 3.05) is 37.7 Å². The van der Waals surface area contributed by atoms with Crippen molar-refractivity contribution in [3.63, 3.8) is 0 Å². The van der Waals surface area contributed by atoms with Crippen LogP contribution in [0, 0.1) is 0 Å². The Labute approximate surface area is 129 Å². The molecule has 0 saturated carbocycles. The summed E-state index contributed by atoms with van der Waals surface area (Å²) in [5.74, 6) is 0.870. The molecule has 2 saturated heterocycles. The Bertz CT molecular complexity index is 651. The quantitative estimate of drug-likeness (QED) is 0.849. The Morgan fingerprint density at radius 3 is 2.91 bits per heavy atom. The number of hydrogen-bond acceptors (Lipinski definition) is 5. The molecule has 22 heavy (non-hydrogen) atoms. The van der Waals surface area contributed by atoms with Crippen molar-refractivity contribution < 1.29 is 9.53 Å². The summed E-state index contributed by atoms with van der Waals surface area (Å²) in [7, 11) is 0. The third kappa shape index (κ3) is 2.43. The molecule has 1 aromatic carbocycles. The van der Waals surface area contributed by atoms with E-state index in [1.54, 1.807) is 0 Å². The van der Waals surface area contributed by atoms with E-state index in [-0.39, 0.29) is 12.0 Å². The molecule has 0 amide bonds. The number of aromatic amines is 1. The molecule has 116 valence electrons. The topological polar surface area (TPSA) is 61.5 Å². The van der Waals surface area contributed by atoms with E-state index in [0.717, 1.165) is 56.0 Å². The number of carbonyl (C=O) groups excluding carboxylic acids is 1. The average molecular weight is 300 g/mol. The van der Waals surface area contributed by atoms with Gasteiger partial charge in [-0.05, 0) is 18.6 Å². The van der Waals surface area contributed by atoms with Gasteiger partial charge in [-0.2, -0.15) is 0 Å². The van der Waals surface area contributed by atoms with Crippen molar-refractivity contribution >= 4 is 23.0 Å². The number of nitrogens with zero attached hydrogens (tertiary/aromatic N) is 3. The summed E-state index contributed by atoms with van der Waals surface area (Å²) in [4.78, 5) is 24.4. The molecule has 1 atom stereocenters. The molecule has 0 aliphatic carbocycles. The van der Waals surface area contributed by atoms with Crippen LogP contribution in [0.1, 0.15) is 12.8 Å². The number of para-hydroxylation sites is 2. The molecule has 2 aromatic rings. The summed E-state index contributed by atoms with van der Waals surface area (Å²) in [6, 6.07) is 8.04. The minimum Gasteiger partial charge on any atom is -0.464 e. The maximum Gasteiger partial charge on any atom is 0.323 e. The fourth-order valence-corrected chi connectivity index (χ4v) is 3.37. The molecule has 1 N–H and O–H groups in total. The van der Waals surface area contributed by atoms with E-state index < -0.39 is 0 Å². The highest BCUT2D eigenvalue weighted by Gasteiger charge is 2.33. The third-order valence-corrected chi connectivity index (χ3v) is 4.56. The van der Waals surface area contributed by atoms with Gasteiger partial charge in [0.15, 0.2) is 0 Å². The fourth-order valence-electron chi connectivity index (χ4n) is 3.37. The number of esters is 1. The van der Waals surface area contributed by atoms with E-state index in [1.807, 2.05) is 24.3 Å². The second-order valence-corrected chi connectivity index (χ2v) is 5.93. The van der Waals surface area contributed by atoms with Gasteiger partial charge in [0.25, 0.3) is 0 Å². The lowest BCUT2D eigenvalue weighted by Gasteiger charge is -2.24. The first-order valence-electron chi connectivity index (χ1n) is 7.92. The van der Waals surface area contributed by atoms with Crippen molar-refractivity contribution in [1.29, 1.82) is 0 Å². The van der Waals surface area contributed by atoms with E-state index in [2.05, 4.69) is 19.8 Å². The van der Waals surface area contributed by atoms with Crippen molar-refractivity contribution in [3.8, 4) is 0 Å². The standard InChI is InChI=1S/C16H20N4O2/c21-15-14(6-11-22-15)19-7-3-8-20(10-9-19)16-17-12-4-1-2-5-13(12)18-16/h1-2,4-5,14H,3,6-11H2,(H,17,18). The number of anilines is 1. The Balaban J connectivity index is 1.49. The smallest absolute Gasteiger partial charge is 0.323 e. The number of cyclic esters (lactones) is 1. The minimum absolute atomic E-state index is 0.0457. The highest BCUT2D eigenvalue weighted by atomic mass is 16.5. The number of rotatable bonds is 2. The molecule has 1 unspecified atom stereocenters. The van der Waals surface area contributed by atoms with Crippen molar-refractivity contribution in [2.24, 2.45) is 0 Å². The Morgan fingerprint density at radius 2 is 2.09 bits per heavy atom. The minimum atomic E-state index is -0.0582. The number of H-pyrrole nitrogens is 1. The molecule has 0 radical (unpaired) electrons. The van der Waals surface area contributed by atoms with E-state index >= 15 is 0 Å². The van der Waals surface area contributed by atoms with Crippen LogP contribution in [0.25, 0.3) is 11.0 Å². The maximum atomic E-state index is 11.8. The van der Waals surface area contributed by atoms with Crippen LogP contribution in [-0.2, 0) is 9.53 Å². The summed E-state index contributed by atoms with van der Waals surface area (Å²) in [6.07, 6.45) is 1.85. The van der Waals surface area contributed by atoms with Gasteiger partial charge in [-0.25, -0.2) is 4.98 Å². The van der Waals surface area contributed by atoms with Gasteiger partial charge in [-0.3, -0.25) is 9.69 Å². The predicted molar refractivity (Wildman–Crippen MR) is 83.9 cm³/mol. The van der Waals surface area contributed by atoms with Crippen molar-refractivity contribution in [3.05, 3.63) is 24.3 Å². The molecule has 3 heterocycles. The molecule has 0 bridgehead atoms. The molecule has 0 spiro atoms. The molecule has 1 aromatic heterocycles. The van der Waals surface area contributed by atoms with Crippen LogP contribution in [0.15, 0.2) is 24.3 Å². The zero-order valence-electron chi connectivity index (χ0n) is 12.5. The molecule has 4 rings (SSSR count). The molecule has 2 aliphatic heterocycles. The van der Waals surface area contributed by atoms with Gasteiger partial charge >= 0.3 is 5.97 Å². The zero-order chi connectivity index (χ0) is 14.9. The van der Waals surface area contributed by atoms with E-state index in [1.165, 1.54) is 0 Å². The zero-order valence-corrected chi connectivity index (χ0v) is 12.5. The number of benzene rings is 1. The normalized spacial score (nSPS) is 23.7. The predicted octanol–water partition coefficient (Wildman–Crippen LogP) is 1.39. The lowest BCUT2D eigenvalue weighted by molar-refractivity contribution is -0.142. The summed E-state index contributed by atoms with van der Waals surface area (Å²) < 4.78 is 5.10. The highest BCUT2D eigenvalue weighted by Crippen LogP contribution is 2.21. The first-order valence-corrected chi connectivity index (χ1v) is 7.92. The second-order valence-electron chi connectivity index (χ2n) is 5.93. The van der Waals surface area contributed by atoms with Crippen LogP contribution in [-0.4, -0.2) is 59.7 Å². The lowest BCUT2D eigenvalue weighted by Crippen LogP contribution is -2.41. The molecular formula is C16H20N4O2. The Morgan fingerprint density at radius 1 is 1.18 bits per heavy atom. The van der Waals surface area contributed by atoms with Crippen LogP contribution < -0.4 is 4.90 Å². The van der Waals surface area contributed by atoms with Gasteiger partial charge in [0, 0.05) is 32.6 Å². The summed E-state index contributed by atoms with van der Waals surface area (Å²) >= 11 is 0. The maximum absolute atomic E-state index is 11.8. The van der Waals surface area contributed by atoms with Crippen LogP contribution >= 0.6 is 0 Å². The van der Waals surface area contributed by atoms with Gasteiger partial charge in [0.05, 0.1) is 17.6 Å². The van der Waals surface area contributed by atoms with Gasteiger partial charge in [-0.1, -0.05) is 12.1 Å². The summed E-state index contributed by atoms with van der Waals surface area (Å²) in [6.45, 7) is 4.21. The van der Waals surface area contributed by atoms with Crippen molar-refractivity contribution in [2.45, 2.75) is 18.9 Å². The number of fused-ring (bicyclic) bond motifs is 1. The fraction of sp³-hybridized carbons (Fsp3) is 0.500. The summed E-state index contributed by atoms with van der Waals surface area (Å²) in [5.41, 5.74) is 2.07. The SMILES string of the molecule is O=C1OCCC1N1CCCN(c2nc3ccccc3[nH]2)CC1. The highest BCUT2D eigenvalue weighted by molar-refractivity contribution is 5.78. The van der Waals surface area contributed by atoms with Crippen LogP contribution in [0.4, 0.5) is 5.95 Å². The van der Waals surface area contributed by atoms with Gasteiger partial charge in [0.2, 0.25) is 5.95 Å². The van der Waals surface area contributed by atoms with Gasteiger partial charge < -0.3 is 14.6 Å². The molecular weight excluding hydrogens is 280 g/mol. The number of hydrogen-bond donors (Lipinski definition) is 1. The van der Waals surface area contributed by atoms with E-state index in [0.29, 0.717) is 6.61 Å². The van der Waals surface area contributed by atoms with Crippen LogP contribution in [0.5, 0.6) is 0 Å². The van der Waals surface area contributed by atoms with Gasteiger partial charge in [0.1, 0.15) is 6.04 Å². The van der Waals surface area contributed by atoms with Crippen molar-refractivity contribution in [1.82, 2.24) is 14.9 Å². The number of carbonyl (C=O) groups is 1. The molecule has 2 aliphatic rings. The molecule has 6 nitrogen and oxygen atoms in total. The summed E-state index contributed by atoms with van der Waals surface area (Å²) in [5, 5.41) is 0. The van der Waals surface area contributed by atoms with E-state index in [9.17, 15) is 4.79 Å². The van der Waals surface area contributed by atoms with Crippen LogP contribution in [0.2, 0.25) is 0 Å². The first-order chi connectivity index (χ1) is 10.8. The van der Waals surface area contributed by atoms with Crippen LogP contribution in [0.3, 0.4) is 0 Å². The molecule has 2 fully saturated rings.